The summed E-state index contributed by atoms with van der Waals surface area (Å²) in [4.78, 5) is 11.7. The van der Waals surface area contributed by atoms with Crippen molar-refractivity contribution < 1.29 is 14.1 Å². The molecule has 0 saturated carbocycles. The van der Waals surface area contributed by atoms with E-state index in [1.807, 2.05) is 32.0 Å². The lowest BCUT2D eigenvalue weighted by atomic mass is 10.1. The Labute approximate surface area is 127 Å². The van der Waals surface area contributed by atoms with E-state index in [0.29, 0.717) is 16.2 Å². The number of carbonyl (C=O) groups is 1. The Balaban J connectivity index is 2.26. The average molecular weight is 302 g/mol. The van der Waals surface area contributed by atoms with Crippen molar-refractivity contribution in [3.8, 4) is 0 Å². The molecule has 0 fully saturated rings. The summed E-state index contributed by atoms with van der Waals surface area (Å²) in [5, 5.41) is 9.13. The highest BCUT2D eigenvalue weighted by molar-refractivity contribution is 7.84. The number of rotatable bonds is 4. The molecule has 3 nitrogen and oxygen atoms in total. The Morgan fingerprint density at radius 3 is 2.29 bits per heavy atom. The van der Waals surface area contributed by atoms with Gasteiger partial charge in [0.05, 0.1) is 22.1 Å². The second kappa shape index (κ2) is 6.22. The molecule has 2 rings (SSSR count). The van der Waals surface area contributed by atoms with E-state index in [4.69, 9.17) is 5.11 Å². The lowest BCUT2D eigenvalue weighted by Gasteiger charge is -2.08. The molecule has 0 spiro atoms. The van der Waals surface area contributed by atoms with E-state index in [1.54, 1.807) is 19.1 Å². The molecule has 4 heteroatoms. The Hall–Kier alpha value is -1.94. The number of carboxylic acids is 1. The van der Waals surface area contributed by atoms with Crippen LogP contribution in [0.4, 0.5) is 0 Å². The fourth-order valence-corrected chi connectivity index (χ4v) is 3.22. The molecule has 21 heavy (non-hydrogen) atoms. The quantitative estimate of drug-likeness (QED) is 0.938. The summed E-state index contributed by atoms with van der Waals surface area (Å²) in [6.45, 7) is 5.80. The van der Waals surface area contributed by atoms with Gasteiger partial charge in [-0.1, -0.05) is 24.3 Å². The van der Waals surface area contributed by atoms with Gasteiger partial charge in [-0.3, -0.25) is 4.21 Å². The molecule has 0 aromatic heterocycles. The minimum absolute atomic E-state index is 0.209. The zero-order chi connectivity index (χ0) is 15.6. The molecule has 0 aliphatic carbocycles. The monoisotopic (exact) mass is 302 g/mol. The van der Waals surface area contributed by atoms with Gasteiger partial charge in [0.25, 0.3) is 0 Å². The highest BCUT2D eigenvalue weighted by Crippen LogP contribution is 2.18. The van der Waals surface area contributed by atoms with Crippen LogP contribution >= 0.6 is 0 Å². The fraction of sp³-hybridized carbons (Fsp3) is 0.235. The maximum Gasteiger partial charge on any atom is 0.335 e. The minimum Gasteiger partial charge on any atom is -0.478 e. The molecule has 2 aromatic rings. The van der Waals surface area contributed by atoms with Crippen LogP contribution in [0, 0.1) is 20.8 Å². The van der Waals surface area contributed by atoms with Crippen LogP contribution in [0.1, 0.15) is 32.6 Å². The number of hydrogen-bond donors (Lipinski definition) is 1. The van der Waals surface area contributed by atoms with Crippen molar-refractivity contribution in [1.29, 1.82) is 0 Å². The maximum atomic E-state index is 12.4. The lowest BCUT2D eigenvalue weighted by Crippen LogP contribution is -2.03. The summed E-state index contributed by atoms with van der Waals surface area (Å²) in [6, 6.07) is 11.0. The first-order valence-corrected chi connectivity index (χ1v) is 7.99. The third kappa shape index (κ3) is 3.58. The van der Waals surface area contributed by atoms with Crippen molar-refractivity contribution >= 4 is 16.8 Å². The van der Waals surface area contributed by atoms with Crippen LogP contribution in [-0.2, 0) is 16.6 Å². The van der Waals surface area contributed by atoms with Gasteiger partial charge in [0, 0.05) is 4.90 Å². The van der Waals surface area contributed by atoms with Crippen LogP contribution in [0.3, 0.4) is 0 Å². The molecule has 0 saturated heterocycles. The van der Waals surface area contributed by atoms with Crippen molar-refractivity contribution in [2.24, 2.45) is 0 Å². The molecule has 0 heterocycles. The van der Waals surface area contributed by atoms with E-state index in [9.17, 15) is 9.00 Å². The summed E-state index contributed by atoms with van der Waals surface area (Å²) in [7, 11) is -1.25. The topological polar surface area (TPSA) is 54.4 Å². The van der Waals surface area contributed by atoms with Gasteiger partial charge in [-0.2, -0.15) is 0 Å². The fourth-order valence-electron chi connectivity index (χ4n) is 2.10. The van der Waals surface area contributed by atoms with Crippen molar-refractivity contribution in [2.45, 2.75) is 31.4 Å². The van der Waals surface area contributed by atoms with Crippen LogP contribution in [0.5, 0.6) is 0 Å². The third-order valence-corrected chi connectivity index (χ3v) is 4.95. The van der Waals surface area contributed by atoms with Crippen LogP contribution < -0.4 is 0 Å². The number of hydrogen-bond acceptors (Lipinski definition) is 2. The van der Waals surface area contributed by atoms with Crippen LogP contribution in [0.2, 0.25) is 0 Å². The van der Waals surface area contributed by atoms with Gasteiger partial charge in [0.1, 0.15) is 0 Å². The van der Waals surface area contributed by atoms with E-state index >= 15 is 0 Å². The molecule has 1 unspecified atom stereocenters. The van der Waals surface area contributed by atoms with Crippen LogP contribution in [0.25, 0.3) is 0 Å². The molecule has 1 atom stereocenters. The Morgan fingerprint density at radius 1 is 1.00 bits per heavy atom. The smallest absolute Gasteiger partial charge is 0.335 e. The summed E-state index contributed by atoms with van der Waals surface area (Å²) in [5.41, 5.74) is 4.25. The summed E-state index contributed by atoms with van der Waals surface area (Å²) in [5.74, 6) is -0.596. The molecule has 0 radical (unpaired) electrons. The number of aromatic carboxylic acids is 1. The molecule has 0 aliphatic heterocycles. The SMILES string of the molecule is Cc1ccc(CS(=O)c2ccc(C)c(C(=O)O)c2)cc1C. The highest BCUT2D eigenvalue weighted by atomic mass is 32.2. The maximum absolute atomic E-state index is 12.4. The Kier molecular flexibility index (Phi) is 4.58. The highest BCUT2D eigenvalue weighted by Gasteiger charge is 2.12. The van der Waals surface area contributed by atoms with Gasteiger partial charge in [-0.15, -0.1) is 0 Å². The van der Waals surface area contributed by atoms with E-state index in [-0.39, 0.29) is 5.56 Å². The molecule has 0 amide bonds. The van der Waals surface area contributed by atoms with Crippen LogP contribution in [0.15, 0.2) is 41.3 Å². The van der Waals surface area contributed by atoms with Gasteiger partial charge in [0.15, 0.2) is 0 Å². The molecular formula is C17H18O3S. The average Bonchev–Trinajstić information content (AvgIpc) is 2.43. The molecule has 1 N–H and O–H groups in total. The van der Waals surface area contributed by atoms with Gasteiger partial charge < -0.3 is 5.11 Å². The molecule has 2 aromatic carbocycles. The molecule has 110 valence electrons. The zero-order valence-electron chi connectivity index (χ0n) is 12.3. The van der Waals surface area contributed by atoms with Crippen LogP contribution in [-0.4, -0.2) is 15.3 Å². The first-order chi connectivity index (χ1) is 9.88. The van der Waals surface area contributed by atoms with Gasteiger partial charge in [0.2, 0.25) is 0 Å². The number of aryl methyl sites for hydroxylation is 3. The first-order valence-electron chi connectivity index (χ1n) is 6.67. The van der Waals surface area contributed by atoms with Crippen molar-refractivity contribution in [2.75, 3.05) is 0 Å². The third-order valence-electron chi connectivity index (χ3n) is 3.57. The second-order valence-corrected chi connectivity index (χ2v) is 6.64. The zero-order valence-corrected chi connectivity index (χ0v) is 13.2. The predicted molar refractivity (Wildman–Crippen MR) is 84.2 cm³/mol. The second-order valence-electron chi connectivity index (χ2n) is 5.19. The minimum atomic E-state index is -1.25. The first kappa shape index (κ1) is 15.4. The molecule has 0 bridgehead atoms. The Bertz CT molecular complexity index is 720. The summed E-state index contributed by atoms with van der Waals surface area (Å²) < 4.78 is 12.4. The van der Waals surface area contributed by atoms with Crippen molar-refractivity contribution in [3.63, 3.8) is 0 Å². The van der Waals surface area contributed by atoms with Gasteiger partial charge in [-0.05, 0) is 55.2 Å². The number of benzene rings is 2. The van der Waals surface area contributed by atoms with E-state index < -0.39 is 16.8 Å². The largest absolute Gasteiger partial charge is 0.478 e. The normalized spacial score (nSPS) is 12.1. The van der Waals surface area contributed by atoms with E-state index in [1.165, 1.54) is 17.2 Å². The number of carboxylic acid groups (broad SMARTS) is 1. The van der Waals surface area contributed by atoms with E-state index in [2.05, 4.69) is 0 Å². The predicted octanol–water partition coefficient (Wildman–Crippen LogP) is 3.62. The lowest BCUT2D eigenvalue weighted by molar-refractivity contribution is 0.0696. The Morgan fingerprint density at radius 2 is 1.67 bits per heavy atom. The standard InChI is InChI=1S/C17H18O3S/c1-11-4-6-14(8-13(11)3)10-21(20)15-7-5-12(2)16(9-15)17(18)19/h4-9H,10H2,1-3H3,(H,18,19). The van der Waals surface area contributed by atoms with Crippen molar-refractivity contribution in [1.82, 2.24) is 0 Å². The molecule has 0 aliphatic rings. The summed E-state index contributed by atoms with van der Waals surface area (Å²) in [6.07, 6.45) is 0. The summed E-state index contributed by atoms with van der Waals surface area (Å²) >= 11 is 0. The van der Waals surface area contributed by atoms with Gasteiger partial charge >= 0.3 is 5.97 Å². The van der Waals surface area contributed by atoms with Gasteiger partial charge in [-0.25, -0.2) is 4.79 Å². The van der Waals surface area contributed by atoms with E-state index in [0.717, 1.165) is 5.56 Å². The van der Waals surface area contributed by atoms with Crippen molar-refractivity contribution in [3.05, 3.63) is 64.2 Å². The molecular weight excluding hydrogens is 284 g/mol.